The average Bonchev–Trinajstić information content (AvgIpc) is 2.41. The maximum Gasteiger partial charge on any atom is 0.0621 e. The van der Waals surface area contributed by atoms with Crippen molar-refractivity contribution in [3.05, 3.63) is 29.0 Å². The second-order valence-corrected chi connectivity index (χ2v) is 8.22. The fraction of sp³-hybridized carbons (Fsp3) is 0.722. The SMILES string of the molecule is CNCC1(Cc2ccncc2Cl)CCC(C(C)(C)C)CC1. The van der Waals surface area contributed by atoms with Gasteiger partial charge in [0.15, 0.2) is 0 Å². The molecule has 0 aromatic carbocycles. The second kappa shape index (κ2) is 6.66. The molecule has 0 radical (unpaired) electrons. The van der Waals surface area contributed by atoms with Crippen molar-refractivity contribution in [2.24, 2.45) is 16.7 Å². The lowest BCUT2D eigenvalue weighted by molar-refractivity contribution is 0.0877. The number of hydrogen-bond donors (Lipinski definition) is 1. The van der Waals surface area contributed by atoms with Crippen LogP contribution in [-0.2, 0) is 6.42 Å². The van der Waals surface area contributed by atoms with E-state index >= 15 is 0 Å². The highest BCUT2D eigenvalue weighted by Gasteiger charge is 2.38. The third-order valence-electron chi connectivity index (χ3n) is 5.24. The van der Waals surface area contributed by atoms with Crippen molar-refractivity contribution in [2.75, 3.05) is 13.6 Å². The van der Waals surface area contributed by atoms with Crippen LogP contribution in [-0.4, -0.2) is 18.6 Å². The van der Waals surface area contributed by atoms with Gasteiger partial charge < -0.3 is 5.32 Å². The normalized spacial score (nSPS) is 26.8. The molecule has 1 saturated carbocycles. The zero-order valence-electron chi connectivity index (χ0n) is 13.9. The quantitative estimate of drug-likeness (QED) is 0.870. The summed E-state index contributed by atoms with van der Waals surface area (Å²) in [4.78, 5) is 4.10. The smallest absolute Gasteiger partial charge is 0.0621 e. The molecule has 0 saturated heterocycles. The van der Waals surface area contributed by atoms with Crippen LogP contribution in [0.1, 0.15) is 52.0 Å². The Hall–Kier alpha value is -0.600. The molecule has 2 rings (SSSR count). The van der Waals surface area contributed by atoms with Crippen molar-refractivity contribution in [3.8, 4) is 0 Å². The zero-order chi connectivity index (χ0) is 15.5. The van der Waals surface area contributed by atoms with E-state index in [1.807, 2.05) is 6.20 Å². The van der Waals surface area contributed by atoms with E-state index in [-0.39, 0.29) is 0 Å². The Balaban J connectivity index is 2.11. The molecule has 2 nitrogen and oxygen atoms in total. The number of pyridine rings is 1. The summed E-state index contributed by atoms with van der Waals surface area (Å²) in [5.74, 6) is 0.843. The minimum Gasteiger partial charge on any atom is -0.319 e. The van der Waals surface area contributed by atoms with E-state index in [2.05, 4.69) is 44.2 Å². The van der Waals surface area contributed by atoms with Crippen molar-refractivity contribution in [1.29, 1.82) is 0 Å². The molecule has 0 atom stereocenters. The molecule has 1 aromatic heterocycles. The molecule has 21 heavy (non-hydrogen) atoms. The van der Waals surface area contributed by atoms with Crippen LogP contribution in [0.15, 0.2) is 18.5 Å². The monoisotopic (exact) mass is 308 g/mol. The van der Waals surface area contributed by atoms with Crippen LogP contribution in [0.2, 0.25) is 5.02 Å². The molecule has 0 amide bonds. The average molecular weight is 309 g/mol. The topological polar surface area (TPSA) is 24.9 Å². The summed E-state index contributed by atoms with van der Waals surface area (Å²) >= 11 is 6.32. The molecular formula is C18H29ClN2. The Morgan fingerprint density at radius 2 is 2.00 bits per heavy atom. The van der Waals surface area contributed by atoms with Crippen LogP contribution < -0.4 is 5.32 Å². The maximum absolute atomic E-state index is 6.32. The fourth-order valence-electron chi connectivity index (χ4n) is 3.84. The Labute approximate surface area is 134 Å². The van der Waals surface area contributed by atoms with Crippen LogP contribution in [0.4, 0.5) is 0 Å². The highest BCUT2D eigenvalue weighted by Crippen LogP contribution is 2.47. The lowest BCUT2D eigenvalue weighted by Gasteiger charge is -2.44. The maximum atomic E-state index is 6.32. The van der Waals surface area contributed by atoms with Crippen molar-refractivity contribution in [1.82, 2.24) is 10.3 Å². The summed E-state index contributed by atoms with van der Waals surface area (Å²) in [6.45, 7) is 8.20. The van der Waals surface area contributed by atoms with E-state index in [1.165, 1.54) is 31.2 Å². The van der Waals surface area contributed by atoms with Gasteiger partial charge in [-0.25, -0.2) is 0 Å². The lowest BCUT2D eigenvalue weighted by atomic mass is 9.62. The Kier molecular flexibility index (Phi) is 5.32. The summed E-state index contributed by atoms with van der Waals surface area (Å²) in [5.41, 5.74) is 2.03. The van der Waals surface area contributed by atoms with Gasteiger partial charge in [-0.15, -0.1) is 0 Å². The van der Waals surface area contributed by atoms with E-state index in [9.17, 15) is 0 Å². The van der Waals surface area contributed by atoms with E-state index in [0.717, 1.165) is 23.9 Å². The van der Waals surface area contributed by atoms with Crippen LogP contribution >= 0.6 is 11.6 Å². The van der Waals surface area contributed by atoms with E-state index < -0.39 is 0 Å². The third-order valence-corrected chi connectivity index (χ3v) is 5.58. The van der Waals surface area contributed by atoms with Gasteiger partial charge in [-0.05, 0) is 67.5 Å². The Morgan fingerprint density at radius 3 is 2.52 bits per heavy atom. The van der Waals surface area contributed by atoms with Crippen LogP contribution in [0.25, 0.3) is 0 Å². The number of halogens is 1. The van der Waals surface area contributed by atoms with Gasteiger partial charge in [-0.1, -0.05) is 32.4 Å². The molecule has 1 aromatic rings. The molecule has 0 aliphatic heterocycles. The van der Waals surface area contributed by atoms with Crippen LogP contribution in [0.5, 0.6) is 0 Å². The van der Waals surface area contributed by atoms with Crippen LogP contribution in [0.3, 0.4) is 0 Å². The highest BCUT2D eigenvalue weighted by atomic mass is 35.5. The van der Waals surface area contributed by atoms with Crippen molar-refractivity contribution < 1.29 is 0 Å². The molecule has 0 spiro atoms. The zero-order valence-corrected chi connectivity index (χ0v) is 14.6. The Morgan fingerprint density at radius 1 is 1.33 bits per heavy atom. The lowest BCUT2D eigenvalue weighted by Crippen LogP contribution is -2.40. The van der Waals surface area contributed by atoms with E-state index in [4.69, 9.17) is 11.6 Å². The molecule has 1 heterocycles. The molecule has 1 aliphatic rings. The standard InChI is InChI=1S/C18H29ClN2/c1-17(2,3)15-5-8-18(9-6-15,13-20-4)11-14-7-10-21-12-16(14)19/h7,10,12,15,20H,5-6,8-9,11,13H2,1-4H3. The molecule has 1 aliphatic carbocycles. The third kappa shape index (κ3) is 4.20. The van der Waals surface area contributed by atoms with E-state index in [0.29, 0.717) is 10.8 Å². The largest absolute Gasteiger partial charge is 0.319 e. The van der Waals surface area contributed by atoms with E-state index in [1.54, 1.807) is 6.20 Å². The van der Waals surface area contributed by atoms with Crippen molar-refractivity contribution in [3.63, 3.8) is 0 Å². The molecule has 1 N–H and O–H groups in total. The van der Waals surface area contributed by atoms with Gasteiger partial charge in [0.05, 0.1) is 5.02 Å². The second-order valence-electron chi connectivity index (χ2n) is 7.81. The minimum absolute atomic E-state index is 0.349. The first-order valence-corrected chi connectivity index (χ1v) is 8.47. The summed E-state index contributed by atoms with van der Waals surface area (Å²) in [7, 11) is 2.06. The van der Waals surface area contributed by atoms with Gasteiger partial charge in [0.25, 0.3) is 0 Å². The number of rotatable bonds is 4. The van der Waals surface area contributed by atoms with Gasteiger partial charge in [0.1, 0.15) is 0 Å². The number of hydrogen-bond acceptors (Lipinski definition) is 2. The molecule has 0 unspecified atom stereocenters. The predicted octanol–water partition coefficient (Wildman–Crippen LogP) is 4.72. The van der Waals surface area contributed by atoms with Crippen molar-refractivity contribution in [2.45, 2.75) is 52.9 Å². The van der Waals surface area contributed by atoms with Crippen molar-refractivity contribution >= 4 is 11.6 Å². The minimum atomic E-state index is 0.349. The Bertz CT molecular complexity index is 457. The van der Waals surface area contributed by atoms with Gasteiger partial charge in [-0.3, -0.25) is 4.98 Å². The predicted molar refractivity (Wildman–Crippen MR) is 90.7 cm³/mol. The first-order chi connectivity index (χ1) is 9.86. The van der Waals surface area contributed by atoms with Gasteiger partial charge in [0, 0.05) is 18.9 Å². The van der Waals surface area contributed by atoms with Gasteiger partial charge >= 0.3 is 0 Å². The number of nitrogens with zero attached hydrogens (tertiary/aromatic N) is 1. The van der Waals surface area contributed by atoms with Gasteiger partial charge in [-0.2, -0.15) is 0 Å². The first-order valence-electron chi connectivity index (χ1n) is 8.09. The van der Waals surface area contributed by atoms with Gasteiger partial charge in [0.2, 0.25) is 0 Å². The molecule has 118 valence electrons. The summed E-state index contributed by atoms with van der Waals surface area (Å²) in [5, 5.41) is 4.22. The molecule has 3 heteroatoms. The summed E-state index contributed by atoms with van der Waals surface area (Å²) < 4.78 is 0. The molecular weight excluding hydrogens is 280 g/mol. The number of aromatic nitrogens is 1. The molecule has 0 bridgehead atoms. The highest BCUT2D eigenvalue weighted by molar-refractivity contribution is 6.31. The summed E-state index contributed by atoms with van der Waals surface area (Å²) in [6.07, 6.45) is 9.91. The number of nitrogens with one attached hydrogen (secondary N) is 1. The first kappa shape index (κ1) is 16.8. The molecule has 1 fully saturated rings. The fourth-order valence-corrected chi connectivity index (χ4v) is 4.02. The summed E-state index contributed by atoms with van der Waals surface area (Å²) in [6, 6.07) is 2.08. The van der Waals surface area contributed by atoms with Crippen LogP contribution in [0, 0.1) is 16.7 Å².